The van der Waals surface area contributed by atoms with Crippen molar-refractivity contribution >= 4 is 33.3 Å². The predicted molar refractivity (Wildman–Crippen MR) is 80.3 cm³/mol. The summed E-state index contributed by atoms with van der Waals surface area (Å²) in [6.07, 6.45) is 0.270. The van der Waals surface area contributed by atoms with Gasteiger partial charge >= 0.3 is 5.97 Å². The summed E-state index contributed by atoms with van der Waals surface area (Å²) >= 11 is 1.16. The van der Waals surface area contributed by atoms with E-state index < -0.39 is 17.4 Å². The fourth-order valence-electron chi connectivity index (χ4n) is 2.02. The van der Waals surface area contributed by atoms with E-state index in [9.17, 15) is 19.1 Å². The van der Waals surface area contributed by atoms with Gasteiger partial charge in [0, 0.05) is 4.70 Å². The number of carboxylic acid groups (broad SMARTS) is 1. The summed E-state index contributed by atoms with van der Waals surface area (Å²) < 4.78 is 13.9. The first-order valence-electron chi connectivity index (χ1n) is 6.53. The molecule has 1 unspecified atom stereocenters. The summed E-state index contributed by atoms with van der Waals surface area (Å²) in [4.78, 5) is 24.0. The average molecular weight is 309 g/mol. The zero-order valence-electron chi connectivity index (χ0n) is 12.0. The third-order valence-electron chi connectivity index (χ3n) is 3.68. The van der Waals surface area contributed by atoms with Crippen LogP contribution < -0.4 is 5.32 Å². The first-order valence-corrected chi connectivity index (χ1v) is 7.34. The number of rotatable bonds is 4. The smallest absolute Gasteiger partial charge is 0.329 e. The average Bonchev–Trinajstić information content (AvgIpc) is 2.75. The Hall–Kier alpha value is -1.95. The Labute approximate surface area is 125 Å². The van der Waals surface area contributed by atoms with Crippen molar-refractivity contribution in [1.29, 1.82) is 0 Å². The van der Waals surface area contributed by atoms with Crippen molar-refractivity contribution in [2.75, 3.05) is 0 Å². The van der Waals surface area contributed by atoms with Crippen LogP contribution in [0.1, 0.15) is 35.5 Å². The first kappa shape index (κ1) is 15.4. The second kappa shape index (κ2) is 5.44. The predicted octanol–water partition coefficient (Wildman–Crippen LogP) is 3.33. The molecule has 0 saturated carbocycles. The lowest BCUT2D eigenvalue weighted by Gasteiger charge is -2.24. The van der Waals surface area contributed by atoms with E-state index in [0.29, 0.717) is 9.58 Å². The number of carbonyl (C=O) groups is 2. The maximum Gasteiger partial charge on any atom is 0.329 e. The van der Waals surface area contributed by atoms with Gasteiger partial charge in [0.15, 0.2) is 0 Å². The number of fused-ring (bicyclic) bond motifs is 1. The summed E-state index contributed by atoms with van der Waals surface area (Å²) in [5.41, 5.74) is -0.582. The number of amides is 1. The molecule has 2 aromatic rings. The molecule has 6 heteroatoms. The summed E-state index contributed by atoms with van der Waals surface area (Å²) in [5, 5.41) is 12.6. The van der Waals surface area contributed by atoms with E-state index in [-0.39, 0.29) is 12.2 Å². The van der Waals surface area contributed by atoms with Gasteiger partial charge in [-0.2, -0.15) is 0 Å². The van der Waals surface area contributed by atoms with Crippen LogP contribution in [0.2, 0.25) is 0 Å². The lowest BCUT2D eigenvalue weighted by molar-refractivity contribution is -0.143. The van der Waals surface area contributed by atoms with Gasteiger partial charge in [0.25, 0.3) is 5.91 Å². The van der Waals surface area contributed by atoms with Gasteiger partial charge in [-0.3, -0.25) is 4.79 Å². The minimum absolute atomic E-state index is 0.270. The summed E-state index contributed by atoms with van der Waals surface area (Å²) in [5.74, 6) is -1.89. The number of nitrogens with one attached hydrogen (secondary N) is 1. The highest BCUT2D eigenvalue weighted by atomic mass is 32.1. The molecule has 1 aromatic heterocycles. The molecule has 0 radical (unpaired) electrons. The molecule has 2 rings (SSSR count). The van der Waals surface area contributed by atoms with Gasteiger partial charge in [-0.05, 0) is 43.4 Å². The lowest BCUT2D eigenvalue weighted by Crippen LogP contribution is -2.51. The molecular weight excluding hydrogens is 293 g/mol. The fraction of sp³-hybridized carbons (Fsp3) is 0.333. The molecule has 1 aromatic carbocycles. The maximum absolute atomic E-state index is 13.2. The van der Waals surface area contributed by atoms with Gasteiger partial charge in [-0.1, -0.05) is 13.0 Å². The number of hydrogen-bond acceptors (Lipinski definition) is 3. The van der Waals surface area contributed by atoms with Crippen LogP contribution in [0.15, 0.2) is 18.2 Å². The van der Waals surface area contributed by atoms with E-state index >= 15 is 0 Å². The van der Waals surface area contributed by atoms with Crippen molar-refractivity contribution in [2.24, 2.45) is 0 Å². The molecule has 0 bridgehead atoms. The molecule has 0 fully saturated rings. The molecule has 4 nitrogen and oxygen atoms in total. The highest BCUT2D eigenvalue weighted by molar-refractivity contribution is 7.21. The van der Waals surface area contributed by atoms with Gasteiger partial charge in [0.05, 0.1) is 4.88 Å². The molecule has 2 N–H and O–H groups in total. The van der Waals surface area contributed by atoms with Crippen LogP contribution in [0.3, 0.4) is 0 Å². The molecule has 0 aliphatic heterocycles. The van der Waals surface area contributed by atoms with Crippen molar-refractivity contribution in [1.82, 2.24) is 5.32 Å². The van der Waals surface area contributed by atoms with Crippen LogP contribution in [0.5, 0.6) is 0 Å². The van der Waals surface area contributed by atoms with E-state index in [0.717, 1.165) is 22.3 Å². The molecule has 0 spiro atoms. The molecule has 1 amide bonds. The number of thiophene rings is 1. The van der Waals surface area contributed by atoms with Gasteiger partial charge in [0.1, 0.15) is 11.4 Å². The molecule has 0 aliphatic carbocycles. The highest BCUT2D eigenvalue weighted by Crippen LogP contribution is 2.31. The number of halogens is 1. The van der Waals surface area contributed by atoms with Crippen LogP contribution in [-0.4, -0.2) is 22.5 Å². The third kappa shape index (κ3) is 2.76. The zero-order chi connectivity index (χ0) is 15.8. The Morgan fingerprint density at radius 3 is 2.67 bits per heavy atom. The van der Waals surface area contributed by atoms with Crippen LogP contribution in [0.4, 0.5) is 4.39 Å². The van der Waals surface area contributed by atoms with E-state index in [4.69, 9.17) is 0 Å². The number of benzene rings is 1. The van der Waals surface area contributed by atoms with Gasteiger partial charge in [-0.25, -0.2) is 9.18 Å². The van der Waals surface area contributed by atoms with Gasteiger partial charge in [0.2, 0.25) is 0 Å². The van der Waals surface area contributed by atoms with Gasteiger partial charge in [-0.15, -0.1) is 11.3 Å². The summed E-state index contributed by atoms with van der Waals surface area (Å²) in [6, 6.07) is 4.35. The number of aliphatic carboxylic acids is 1. The van der Waals surface area contributed by atoms with E-state index in [2.05, 4.69) is 5.32 Å². The van der Waals surface area contributed by atoms with Crippen molar-refractivity contribution in [2.45, 2.75) is 32.7 Å². The molecule has 21 heavy (non-hydrogen) atoms. The van der Waals surface area contributed by atoms with Crippen LogP contribution in [-0.2, 0) is 4.79 Å². The van der Waals surface area contributed by atoms with Crippen molar-refractivity contribution in [3.8, 4) is 0 Å². The second-order valence-electron chi connectivity index (χ2n) is 5.14. The largest absolute Gasteiger partial charge is 0.480 e. The SMILES string of the molecule is CCC(C)(NC(=O)c1sc2cc(F)ccc2c1C)C(=O)O. The molecule has 1 atom stereocenters. The Bertz CT molecular complexity index is 725. The molecule has 0 saturated heterocycles. The Balaban J connectivity index is 2.40. The fourth-order valence-corrected chi connectivity index (χ4v) is 3.15. The van der Waals surface area contributed by atoms with E-state index in [1.165, 1.54) is 19.1 Å². The van der Waals surface area contributed by atoms with Crippen molar-refractivity contribution in [3.63, 3.8) is 0 Å². The highest BCUT2D eigenvalue weighted by Gasteiger charge is 2.34. The third-order valence-corrected chi connectivity index (χ3v) is 4.93. The Kier molecular flexibility index (Phi) is 4.00. The molecule has 1 heterocycles. The Morgan fingerprint density at radius 2 is 2.10 bits per heavy atom. The van der Waals surface area contributed by atoms with Crippen LogP contribution >= 0.6 is 11.3 Å². The van der Waals surface area contributed by atoms with E-state index in [1.54, 1.807) is 19.9 Å². The number of hydrogen-bond donors (Lipinski definition) is 2. The number of aryl methyl sites for hydroxylation is 1. The molecular formula is C15H16FNO3S. The number of carboxylic acids is 1. The van der Waals surface area contributed by atoms with Crippen molar-refractivity contribution in [3.05, 3.63) is 34.5 Å². The Morgan fingerprint density at radius 1 is 1.43 bits per heavy atom. The normalized spacial score (nSPS) is 13.9. The van der Waals surface area contributed by atoms with E-state index in [1.807, 2.05) is 0 Å². The topological polar surface area (TPSA) is 66.4 Å². The zero-order valence-corrected chi connectivity index (χ0v) is 12.8. The standard InChI is InChI=1S/C15H16FNO3S/c1-4-15(3,14(19)20)17-13(18)12-8(2)10-6-5-9(16)7-11(10)21-12/h5-7H,4H2,1-3H3,(H,17,18)(H,19,20). The first-order chi connectivity index (χ1) is 9.78. The van der Waals surface area contributed by atoms with Crippen LogP contribution in [0.25, 0.3) is 10.1 Å². The maximum atomic E-state index is 13.2. The second-order valence-corrected chi connectivity index (χ2v) is 6.19. The monoisotopic (exact) mass is 309 g/mol. The van der Waals surface area contributed by atoms with Crippen molar-refractivity contribution < 1.29 is 19.1 Å². The quantitative estimate of drug-likeness (QED) is 0.910. The molecule has 0 aliphatic rings. The summed E-state index contributed by atoms with van der Waals surface area (Å²) in [7, 11) is 0. The number of carbonyl (C=O) groups excluding carboxylic acids is 1. The summed E-state index contributed by atoms with van der Waals surface area (Å²) in [6.45, 7) is 4.94. The van der Waals surface area contributed by atoms with Gasteiger partial charge < -0.3 is 10.4 Å². The van der Waals surface area contributed by atoms with Crippen LogP contribution in [0, 0.1) is 12.7 Å². The minimum atomic E-state index is -1.31. The lowest BCUT2D eigenvalue weighted by atomic mass is 9.99. The minimum Gasteiger partial charge on any atom is -0.480 e. The molecule has 112 valence electrons.